The molecule has 4 nitrogen and oxygen atoms in total. The molecule has 0 radical (unpaired) electrons. The quantitative estimate of drug-likeness (QED) is 0.896. The van der Waals surface area contributed by atoms with E-state index < -0.39 is 0 Å². The van der Waals surface area contributed by atoms with Crippen LogP contribution in [0.2, 0.25) is 0 Å². The Balaban J connectivity index is 1.82. The number of rotatable bonds is 3. The summed E-state index contributed by atoms with van der Waals surface area (Å²) >= 11 is 0. The van der Waals surface area contributed by atoms with E-state index in [2.05, 4.69) is 32.1 Å². The number of hydrogen-bond donors (Lipinski definition) is 1. The third kappa shape index (κ3) is 2.23. The topological polar surface area (TPSA) is 42.7 Å². The lowest BCUT2D eigenvalue weighted by Gasteiger charge is -2.15. The minimum Gasteiger partial charge on any atom is -0.324 e. The smallest absolute Gasteiger partial charge is 0.207 e. The van der Waals surface area contributed by atoms with Crippen molar-refractivity contribution in [2.45, 2.75) is 38.6 Å². The number of pyridine rings is 1. The number of aryl methyl sites for hydroxylation is 1. The maximum atomic E-state index is 4.41. The summed E-state index contributed by atoms with van der Waals surface area (Å²) in [5.74, 6) is 0.925. The van der Waals surface area contributed by atoms with Crippen LogP contribution in [0.5, 0.6) is 0 Å². The molecule has 2 heterocycles. The minimum atomic E-state index is 0.604. The monoisotopic (exact) mass is 242 g/mol. The van der Waals surface area contributed by atoms with Gasteiger partial charge in [0.2, 0.25) is 5.95 Å². The summed E-state index contributed by atoms with van der Waals surface area (Å²) in [6, 6.07) is 2.69. The number of hydrogen-bond acceptors (Lipinski definition) is 3. The molecule has 0 amide bonds. The first-order valence-corrected chi connectivity index (χ1v) is 6.54. The maximum absolute atomic E-state index is 4.41. The van der Waals surface area contributed by atoms with Gasteiger partial charge in [-0.15, -0.1) is 0 Å². The molecule has 0 aliphatic heterocycles. The second-order valence-corrected chi connectivity index (χ2v) is 4.97. The van der Waals surface area contributed by atoms with Gasteiger partial charge in [0, 0.05) is 24.6 Å². The van der Waals surface area contributed by atoms with Gasteiger partial charge in [-0.25, -0.2) is 4.98 Å². The van der Waals surface area contributed by atoms with Crippen LogP contribution < -0.4 is 5.32 Å². The number of imidazole rings is 1. The minimum absolute atomic E-state index is 0.604. The zero-order valence-corrected chi connectivity index (χ0v) is 10.6. The molecule has 0 spiro atoms. The summed E-state index contributed by atoms with van der Waals surface area (Å²) in [6.45, 7) is 2.04. The van der Waals surface area contributed by atoms with Gasteiger partial charge in [0.15, 0.2) is 0 Å². The molecule has 2 aromatic heterocycles. The zero-order chi connectivity index (χ0) is 12.4. The highest BCUT2D eigenvalue weighted by molar-refractivity contribution is 5.53. The largest absolute Gasteiger partial charge is 0.324 e. The van der Waals surface area contributed by atoms with E-state index >= 15 is 0 Å². The van der Waals surface area contributed by atoms with Crippen molar-refractivity contribution in [1.29, 1.82) is 0 Å². The van der Waals surface area contributed by atoms with Crippen molar-refractivity contribution in [3.8, 4) is 0 Å². The molecule has 1 aliphatic rings. The maximum Gasteiger partial charge on any atom is 0.207 e. The van der Waals surface area contributed by atoms with E-state index in [0.29, 0.717) is 6.04 Å². The van der Waals surface area contributed by atoms with Crippen molar-refractivity contribution in [3.63, 3.8) is 0 Å². The highest BCUT2D eigenvalue weighted by Crippen LogP contribution is 2.32. The molecule has 0 aromatic carbocycles. The molecule has 18 heavy (non-hydrogen) atoms. The van der Waals surface area contributed by atoms with E-state index in [0.717, 1.165) is 17.2 Å². The average Bonchev–Trinajstić information content (AvgIpc) is 2.98. The number of anilines is 2. The summed E-state index contributed by atoms with van der Waals surface area (Å²) in [4.78, 5) is 8.60. The molecule has 0 saturated heterocycles. The first kappa shape index (κ1) is 11.3. The van der Waals surface area contributed by atoms with E-state index in [9.17, 15) is 0 Å². The van der Waals surface area contributed by atoms with Crippen molar-refractivity contribution < 1.29 is 0 Å². The fraction of sp³-hybridized carbons (Fsp3) is 0.429. The Morgan fingerprint density at radius 2 is 2.11 bits per heavy atom. The van der Waals surface area contributed by atoms with Gasteiger partial charge < -0.3 is 9.88 Å². The van der Waals surface area contributed by atoms with Gasteiger partial charge in [-0.05, 0) is 31.4 Å². The Hall–Kier alpha value is -1.84. The van der Waals surface area contributed by atoms with Crippen LogP contribution in [-0.4, -0.2) is 14.5 Å². The van der Waals surface area contributed by atoms with E-state index in [1.807, 2.05) is 25.5 Å². The van der Waals surface area contributed by atoms with Crippen LogP contribution >= 0.6 is 0 Å². The molecule has 4 heteroatoms. The summed E-state index contributed by atoms with van der Waals surface area (Å²) in [5.41, 5.74) is 2.15. The van der Waals surface area contributed by atoms with Gasteiger partial charge in [0.25, 0.3) is 0 Å². The molecule has 1 N–H and O–H groups in total. The van der Waals surface area contributed by atoms with Crippen molar-refractivity contribution in [3.05, 3.63) is 36.4 Å². The van der Waals surface area contributed by atoms with Crippen LogP contribution in [0, 0.1) is 6.92 Å². The van der Waals surface area contributed by atoms with Gasteiger partial charge in [-0.3, -0.25) is 4.98 Å². The molecule has 0 bridgehead atoms. The predicted molar refractivity (Wildman–Crippen MR) is 72.0 cm³/mol. The number of aromatic nitrogens is 3. The van der Waals surface area contributed by atoms with Crippen molar-refractivity contribution in [2.75, 3.05) is 5.32 Å². The molecule has 3 rings (SSSR count). The Kier molecular flexibility index (Phi) is 3.00. The van der Waals surface area contributed by atoms with Gasteiger partial charge in [0.1, 0.15) is 0 Å². The zero-order valence-electron chi connectivity index (χ0n) is 10.6. The molecule has 0 atom stereocenters. The van der Waals surface area contributed by atoms with E-state index in [1.165, 1.54) is 25.7 Å². The SMILES string of the molecule is Cc1cncc(Nc2nccn2C2CCCC2)c1. The lowest BCUT2D eigenvalue weighted by Crippen LogP contribution is -2.08. The van der Waals surface area contributed by atoms with E-state index in [-0.39, 0.29) is 0 Å². The standard InChI is InChI=1S/C14H18N4/c1-11-8-12(10-15-9-11)17-14-16-6-7-18(14)13-4-2-3-5-13/h6-10,13H,2-5H2,1H3,(H,16,17). The fourth-order valence-electron chi connectivity index (χ4n) is 2.64. The van der Waals surface area contributed by atoms with Crippen LogP contribution in [0.25, 0.3) is 0 Å². The Labute approximate surface area is 107 Å². The normalized spacial score (nSPS) is 16.1. The second kappa shape index (κ2) is 4.80. The van der Waals surface area contributed by atoms with Crippen LogP contribution in [0.15, 0.2) is 30.9 Å². The Morgan fingerprint density at radius 1 is 1.28 bits per heavy atom. The fourth-order valence-corrected chi connectivity index (χ4v) is 2.64. The highest BCUT2D eigenvalue weighted by Gasteiger charge is 2.19. The lowest BCUT2D eigenvalue weighted by atomic mass is 10.2. The number of nitrogens with zero attached hydrogens (tertiary/aromatic N) is 3. The Morgan fingerprint density at radius 3 is 2.89 bits per heavy atom. The van der Waals surface area contributed by atoms with Crippen LogP contribution in [0.4, 0.5) is 11.6 Å². The van der Waals surface area contributed by atoms with Gasteiger partial charge in [-0.1, -0.05) is 12.8 Å². The lowest BCUT2D eigenvalue weighted by molar-refractivity contribution is 0.525. The molecular weight excluding hydrogens is 224 g/mol. The summed E-state index contributed by atoms with van der Waals surface area (Å²) in [5, 5.41) is 3.36. The second-order valence-electron chi connectivity index (χ2n) is 4.97. The highest BCUT2D eigenvalue weighted by atomic mass is 15.2. The molecule has 1 saturated carbocycles. The molecule has 94 valence electrons. The van der Waals surface area contributed by atoms with Crippen molar-refractivity contribution in [2.24, 2.45) is 0 Å². The predicted octanol–water partition coefficient (Wildman–Crippen LogP) is 3.45. The van der Waals surface area contributed by atoms with Gasteiger partial charge >= 0.3 is 0 Å². The Bertz CT molecular complexity index is 526. The molecule has 1 fully saturated rings. The third-order valence-corrected chi connectivity index (χ3v) is 3.52. The van der Waals surface area contributed by atoms with E-state index in [4.69, 9.17) is 0 Å². The van der Waals surface area contributed by atoms with Crippen molar-refractivity contribution in [1.82, 2.24) is 14.5 Å². The van der Waals surface area contributed by atoms with E-state index in [1.54, 1.807) is 0 Å². The summed E-state index contributed by atoms with van der Waals surface area (Å²) < 4.78 is 2.26. The third-order valence-electron chi connectivity index (χ3n) is 3.52. The average molecular weight is 242 g/mol. The number of nitrogens with one attached hydrogen (secondary N) is 1. The van der Waals surface area contributed by atoms with Crippen LogP contribution in [0.1, 0.15) is 37.3 Å². The summed E-state index contributed by atoms with van der Waals surface area (Å²) in [6.07, 6.45) is 12.8. The summed E-state index contributed by atoms with van der Waals surface area (Å²) in [7, 11) is 0. The molecule has 1 aliphatic carbocycles. The van der Waals surface area contributed by atoms with Gasteiger partial charge in [0.05, 0.1) is 11.9 Å². The van der Waals surface area contributed by atoms with Crippen LogP contribution in [0.3, 0.4) is 0 Å². The first-order valence-electron chi connectivity index (χ1n) is 6.54. The van der Waals surface area contributed by atoms with Gasteiger partial charge in [-0.2, -0.15) is 0 Å². The van der Waals surface area contributed by atoms with Crippen molar-refractivity contribution >= 4 is 11.6 Å². The molecule has 2 aromatic rings. The molecule has 0 unspecified atom stereocenters. The first-order chi connectivity index (χ1) is 8.83. The van der Waals surface area contributed by atoms with Crippen LogP contribution in [-0.2, 0) is 0 Å². The molecular formula is C14H18N4.